The molecule has 0 aromatic rings. The molecule has 0 heteroatoms. The molecule has 2 aliphatic rings. The standard InChI is InChI=1S/C21H34/c1-9-17(13-15(3)4)20(8)18-14-21(18,20)12-11-16(5)19(6,7)10-2/h1,16-18H,3,10-14H2,2,4-8H3. The summed E-state index contributed by atoms with van der Waals surface area (Å²) in [5.74, 6) is 5.20. The van der Waals surface area contributed by atoms with Crippen LogP contribution < -0.4 is 0 Å². The Hall–Kier alpha value is -0.700. The van der Waals surface area contributed by atoms with E-state index in [2.05, 4.69) is 54.0 Å². The molecule has 2 fully saturated rings. The van der Waals surface area contributed by atoms with E-state index in [-0.39, 0.29) is 0 Å². The fourth-order valence-electron chi connectivity index (χ4n) is 4.65. The monoisotopic (exact) mass is 286 g/mol. The van der Waals surface area contributed by atoms with E-state index in [1.807, 2.05) is 0 Å². The first kappa shape index (κ1) is 16.7. The lowest BCUT2D eigenvalue weighted by atomic mass is 9.71. The molecule has 0 heterocycles. The molecular weight excluding hydrogens is 252 g/mol. The van der Waals surface area contributed by atoms with E-state index in [1.54, 1.807) is 0 Å². The molecule has 0 aliphatic heterocycles. The summed E-state index contributed by atoms with van der Waals surface area (Å²) < 4.78 is 0. The topological polar surface area (TPSA) is 0 Å². The van der Waals surface area contributed by atoms with E-state index < -0.39 is 0 Å². The van der Waals surface area contributed by atoms with Crippen molar-refractivity contribution >= 4 is 0 Å². The number of hydrogen-bond acceptors (Lipinski definition) is 0. The predicted octanol–water partition coefficient (Wildman–Crippen LogP) is 6.08. The molecule has 0 saturated heterocycles. The molecule has 0 bridgehead atoms. The van der Waals surface area contributed by atoms with Crippen LogP contribution in [0.5, 0.6) is 0 Å². The van der Waals surface area contributed by atoms with Gasteiger partial charge in [0, 0.05) is 5.92 Å². The maximum Gasteiger partial charge on any atom is 0.0299 e. The van der Waals surface area contributed by atoms with Crippen LogP contribution in [0.4, 0.5) is 0 Å². The van der Waals surface area contributed by atoms with Crippen molar-refractivity contribution in [1.82, 2.24) is 0 Å². The van der Waals surface area contributed by atoms with Crippen molar-refractivity contribution in [2.24, 2.45) is 34.0 Å². The zero-order valence-corrected chi connectivity index (χ0v) is 15.1. The Morgan fingerprint density at radius 3 is 2.52 bits per heavy atom. The second-order valence-electron chi connectivity index (χ2n) is 8.86. The molecule has 2 rings (SSSR count). The van der Waals surface area contributed by atoms with Crippen LogP contribution in [-0.4, -0.2) is 0 Å². The molecule has 0 aromatic carbocycles. The quantitative estimate of drug-likeness (QED) is 0.374. The van der Waals surface area contributed by atoms with Gasteiger partial charge in [0.25, 0.3) is 0 Å². The van der Waals surface area contributed by atoms with Crippen LogP contribution in [0.3, 0.4) is 0 Å². The zero-order valence-electron chi connectivity index (χ0n) is 15.1. The van der Waals surface area contributed by atoms with Crippen LogP contribution in [0, 0.1) is 46.3 Å². The number of fused-ring (bicyclic) bond motifs is 1. The lowest BCUT2D eigenvalue weighted by Gasteiger charge is -2.33. The number of hydrogen-bond donors (Lipinski definition) is 0. The van der Waals surface area contributed by atoms with Crippen LogP contribution >= 0.6 is 0 Å². The average Bonchev–Trinajstić information content (AvgIpc) is 3.29. The number of terminal acetylenes is 1. The first-order valence-electron chi connectivity index (χ1n) is 8.76. The van der Waals surface area contributed by atoms with E-state index in [4.69, 9.17) is 6.42 Å². The zero-order chi connectivity index (χ0) is 16.1. The maximum atomic E-state index is 5.84. The molecule has 21 heavy (non-hydrogen) atoms. The van der Waals surface area contributed by atoms with Gasteiger partial charge in [-0.3, -0.25) is 0 Å². The van der Waals surface area contributed by atoms with Gasteiger partial charge in [0.15, 0.2) is 0 Å². The first-order valence-corrected chi connectivity index (χ1v) is 8.76. The lowest BCUT2D eigenvalue weighted by molar-refractivity contribution is 0.177. The van der Waals surface area contributed by atoms with Crippen LogP contribution in [0.25, 0.3) is 0 Å². The number of allylic oxidation sites excluding steroid dienone is 1. The summed E-state index contributed by atoms with van der Waals surface area (Å²) in [7, 11) is 0. The van der Waals surface area contributed by atoms with Gasteiger partial charge >= 0.3 is 0 Å². The van der Waals surface area contributed by atoms with Gasteiger partial charge < -0.3 is 0 Å². The van der Waals surface area contributed by atoms with Crippen molar-refractivity contribution in [3.05, 3.63) is 12.2 Å². The minimum Gasteiger partial charge on any atom is -0.120 e. The summed E-state index contributed by atoms with van der Waals surface area (Å²) in [6.07, 6.45) is 12.3. The summed E-state index contributed by atoms with van der Waals surface area (Å²) in [6, 6.07) is 0. The van der Waals surface area contributed by atoms with Crippen LogP contribution in [-0.2, 0) is 0 Å². The highest BCUT2D eigenvalue weighted by molar-refractivity contribution is 5.37. The molecule has 2 saturated carbocycles. The fraction of sp³-hybridized carbons (Fsp3) is 0.810. The summed E-state index contributed by atoms with van der Waals surface area (Å²) >= 11 is 0. The van der Waals surface area contributed by atoms with Crippen molar-refractivity contribution in [1.29, 1.82) is 0 Å². The molecule has 5 unspecified atom stereocenters. The second kappa shape index (κ2) is 5.19. The molecule has 118 valence electrons. The van der Waals surface area contributed by atoms with Crippen molar-refractivity contribution in [3.63, 3.8) is 0 Å². The van der Waals surface area contributed by atoms with Crippen LogP contribution in [0.1, 0.15) is 73.6 Å². The Labute approximate surface area is 132 Å². The van der Waals surface area contributed by atoms with Crippen molar-refractivity contribution in [2.45, 2.75) is 73.6 Å². The molecule has 2 aliphatic carbocycles. The molecule has 0 aromatic heterocycles. The van der Waals surface area contributed by atoms with E-state index in [9.17, 15) is 0 Å². The summed E-state index contributed by atoms with van der Waals surface area (Å²) in [6.45, 7) is 18.2. The van der Waals surface area contributed by atoms with Gasteiger partial charge in [0.2, 0.25) is 0 Å². The Morgan fingerprint density at radius 1 is 1.48 bits per heavy atom. The van der Waals surface area contributed by atoms with E-state index in [0.717, 1.165) is 18.3 Å². The van der Waals surface area contributed by atoms with Crippen LogP contribution in [0.15, 0.2) is 12.2 Å². The first-order chi connectivity index (χ1) is 9.65. The summed E-state index contributed by atoms with van der Waals surface area (Å²) in [4.78, 5) is 0. The molecule has 0 N–H and O–H groups in total. The third-order valence-corrected chi connectivity index (χ3v) is 7.54. The van der Waals surface area contributed by atoms with Gasteiger partial charge in [0.05, 0.1) is 0 Å². The summed E-state index contributed by atoms with van der Waals surface area (Å²) in [5, 5.41) is 0. The van der Waals surface area contributed by atoms with Crippen molar-refractivity contribution < 1.29 is 0 Å². The number of rotatable bonds is 8. The molecule has 0 radical (unpaired) electrons. The Kier molecular flexibility index (Phi) is 4.12. The molecule has 5 atom stereocenters. The SMILES string of the molecule is C#CC(CC(=C)C)C1(C)C2CC21CCC(C)C(C)(C)CC. The van der Waals surface area contributed by atoms with E-state index in [0.29, 0.717) is 22.2 Å². The molecule has 0 spiro atoms. The van der Waals surface area contributed by atoms with Gasteiger partial charge in [-0.2, -0.15) is 0 Å². The largest absolute Gasteiger partial charge is 0.120 e. The fourth-order valence-corrected chi connectivity index (χ4v) is 4.65. The van der Waals surface area contributed by atoms with Gasteiger partial charge in [-0.25, -0.2) is 0 Å². The smallest absolute Gasteiger partial charge is 0.0299 e. The molecule has 0 amide bonds. The van der Waals surface area contributed by atoms with Crippen molar-refractivity contribution in [3.8, 4) is 12.3 Å². The Morgan fingerprint density at radius 2 is 2.10 bits per heavy atom. The van der Waals surface area contributed by atoms with Gasteiger partial charge in [-0.05, 0) is 60.7 Å². The van der Waals surface area contributed by atoms with Crippen molar-refractivity contribution in [2.75, 3.05) is 0 Å². The highest BCUT2D eigenvalue weighted by Gasteiger charge is 2.86. The highest BCUT2D eigenvalue weighted by Crippen LogP contribution is 2.92. The minimum absolute atomic E-state index is 0.406. The van der Waals surface area contributed by atoms with E-state index >= 15 is 0 Å². The normalized spacial score (nSPS) is 36.3. The second-order valence-corrected chi connectivity index (χ2v) is 8.86. The van der Waals surface area contributed by atoms with Crippen LogP contribution in [0.2, 0.25) is 0 Å². The minimum atomic E-state index is 0.406. The van der Waals surface area contributed by atoms with Gasteiger partial charge in [-0.15, -0.1) is 18.9 Å². The van der Waals surface area contributed by atoms with Gasteiger partial charge in [-0.1, -0.05) is 46.6 Å². The third-order valence-electron chi connectivity index (χ3n) is 7.54. The predicted molar refractivity (Wildman–Crippen MR) is 92.9 cm³/mol. The van der Waals surface area contributed by atoms with E-state index in [1.165, 1.54) is 31.3 Å². The lowest BCUT2D eigenvalue weighted by Crippen LogP contribution is -2.25. The molecule has 0 nitrogen and oxygen atoms in total. The Balaban J connectivity index is 1.95. The molecular formula is C21H34. The average molecular weight is 287 g/mol. The van der Waals surface area contributed by atoms with Gasteiger partial charge in [0.1, 0.15) is 0 Å². The Bertz CT molecular complexity index is 463. The summed E-state index contributed by atoms with van der Waals surface area (Å²) in [5.41, 5.74) is 2.71. The highest BCUT2D eigenvalue weighted by atomic mass is 14.9. The third kappa shape index (κ3) is 2.48. The maximum absolute atomic E-state index is 5.84.